The van der Waals surface area contributed by atoms with Crippen molar-refractivity contribution in [2.24, 2.45) is 0 Å². The third-order valence-corrected chi connectivity index (χ3v) is 2.19. The molecule has 0 radical (unpaired) electrons. The van der Waals surface area contributed by atoms with Gasteiger partial charge in [-0.15, -0.1) is 0 Å². The fourth-order valence-electron chi connectivity index (χ4n) is 1.05. The number of benzene rings is 1. The van der Waals surface area contributed by atoms with Crippen molar-refractivity contribution in [1.29, 1.82) is 0 Å². The van der Waals surface area contributed by atoms with Gasteiger partial charge in [-0.05, 0) is 25.5 Å². The third kappa shape index (κ3) is 4.28. The Morgan fingerprint density at radius 2 is 1.94 bits per heavy atom. The first kappa shape index (κ1) is 12.5. The summed E-state index contributed by atoms with van der Waals surface area (Å²) in [7, 11) is 0. The summed E-state index contributed by atoms with van der Waals surface area (Å²) in [5.74, 6) is -0.447. The molecule has 0 saturated carbocycles. The molecule has 0 fully saturated rings. The molecule has 0 spiro atoms. The highest BCUT2D eigenvalue weighted by atomic mass is 16.6. The molecule has 0 bridgehead atoms. The number of rotatable bonds is 4. The predicted molar refractivity (Wildman–Crippen MR) is 62.7 cm³/mol. The molecule has 1 rings (SSSR count). The molecule has 1 N–H and O–H groups in total. The summed E-state index contributed by atoms with van der Waals surface area (Å²) in [5.41, 5.74) is 0.934. The van der Waals surface area contributed by atoms with Crippen LogP contribution in [0.3, 0.4) is 0 Å². The number of carbonyl (C=O) groups excluding carboxylic acids is 1. The number of aliphatic hydroxyl groups excluding tert-OH is 1. The van der Waals surface area contributed by atoms with Crippen LogP contribution in [-0.2, 0) is 9.53 Å². The third-order valence-electron chi connectivity index (χ3n) is 2.19. The maximum absolute atomic E-state index is 11.3. The topological polar surface area (TPSA) is 46.5 Å². The number of hydrogen-bond acceptors (Lipinski definition) is 3. The van der Waals surface area contributed by atoms with Crippen LogP contribution in [0, 0.1) is 0 Å². The van der Waals surface area contributed by atoms with Gasteiger partial charge in [0, 0.05) is 6.08 Å². The second kappa shape index (κ2) is 6.08. The molecular weight excluding hydrogens is 204 g/mol. The van der Waals surface area contributed by atoms with Gasteiger partial charge in [-0.3, -0.25) is 0 Å². The molecular formula is C13H16O3. The van der Waals surface area contributed by atoms with Crippen molar-refractivity contribution in [3.8, 4) is 0 Å². The van der Waals surface area contributed by atoms with E-state index in [4.69, 9.17) is 9.84 Å². The van der Waals surface area contributed by atoms with E-state index < -0.39 is 18.2 Å². The molecule has 2 atom stereocenters. The minimum absolute atomic E-state index is 0.447. The first-order valence-electron chi connectivity index (χ1n) is 5.21. The summed E-state index contributed by atoms with van der Waals surface area (Å²) < 4.78 is 4.96. The van der Waals surface area contributed by atoms with Gasteiger partial charge < -0.3 is 9.84 Å². The van der Waals surface area contributed by atoms with E-state index in [-0.39, 0.29) is 0 Å². The second-order valence-electron chi connectivity index (χ2n) is 3.63. The lowest BCUT2D eigenvalue weighted by Crippen LogP contribution is -2.24. The molecule has 2 unspecified atom stereocenters. The van der Waals surface area contributed by atoms with Gasteiger partial charge in [-0.1, -0.05) is 30.3 Å². The maximum atomic E-state index is 11.3. The lowest BCUT2D eigenvalue weighted by molar-refractivity contribution is -0.146. The summed E-state index contributed by atoms with van der Waals surface area (Å²) in [4.78, 5) is 11.3. The lowest BCUT2D eigenvalue weighted by Gasteiger charge is -2.13. The van der Waals surface area contributed by atoms with Gasteiger partial charge in [-0.25, -0.2) is 4.79 Å². The van der Waals surface area contributed by atoms with E-state index in [9.17, 15) is 4.79 Å². The SMILES string of the molecule is CC(O)C(C)OC(=O)/C=C/c1ccccc1. The highest BCUT2D eigenvalue weighted by molar-refractivity contribution is 5.87. The van der Waals surface area contributed by atoms with Gasteiger partial charge in [-0.2, -0.15) is 0 Å². The second-order valence-corrected chi connectivity index (χ2v) is 3.63. The Morgan fingerprint density at radius 3 is 2.50 bits per heavy atom. The van der Waals surface area contributed by atoms with Crippen molar-refractivity contribution >= 4 is 12.0 Å². The van der Waals surface area contributed by atoms with Crippen LogP contribution in [0.25, 0.3) is 6.08 Å². The van der Waals surface area contributed by atoms with Crippen molar-refractivity contribution in [2.75, 3.05) is 0 Å². The fraction of sp³-hybridized carbons (Fsp3) is 0.308. The summed E-state index contributed by atoms with van der Waals surface area (Å²) in [6.45, 7) is 3.23. The molecule has 0 aliphatic carbocycles. The average Bonchev–Trinajstić information content (AvgIpc) is 2.27. The molecule has 3 heteroatoms. The molecule has 0 saturated heterocycles. The standard InChI is InChI=1S/C13H16O3/c1-10(14)11(2)16-13(15)9-8-12-6-4-3-5-7-12/h3-11,14H,1-2H3/b9-8+. The normalized spacial score (nSPS) is 14.7. The van der Waals surface area contributed by atoms with Crippen molar-refractivity contribution in [2.45, 2.75) is 26.1 Å². The fourth-order valence-corrected chi connectivity index (χ4v) is 1.05. The molecule has 0 aromatic heterocycles. The van der Waals surface area contributed by atoms with E-state index in [1.54, 1.807) is 19.9 Å². The van der Waals surface area contributed by atoms with Crippen molar-refractivity contribution in [3.05, 3.63) is 42.0 Å². The van der Waals surface area contributed by atoms with Crippen LogP contribution in [-0.4, -0.2) is 23.3 Å². The van der Waals surface area contributed by atoms with E-state index >= 15 is 0 Å². The van der Waals surface area contributed by atoms with E-state index in [2.05, 4.69) is 0 Å². The highest BCUT2D eigenvalue weighted by Gasteiger charge is 2.11. The molecule has 16 heavy (non-hydrogen) atoms. The van der Waals surface area contributed by atoms with Gasteiger partial charge >= 0.3 is 5.97 Å². The van der Waals surface area contributed by atoms with Crippen LogP contribution >= 0.6 is 0 Å². The van der Waals surface area contributed by atoms with Crippen LogP contribution in [0.15, 0.2) is 36.4 Å². The zero-order valence-electron chi connectivity index (χ0n) is 9.46. The molecule has 1 aromatic carbocycles. The molecule has 0 amide bonds. The minimum Gasteiger partial charge on any atom is -0.457 e. The lowest BCUT2D eigenvalue weighted by atomic mass is 10.2. The summed E-state index contributed by atoms with van der Waals surface area (Å²) in [6, 6.07) is 9.47. The Bertz CT molecular complexity index is 355. The largest absolute Gasteiger partial charge is 0.457 e. The number of esters is 1. The summed E-state index contributed by atoms with van der Waals surface area (Å²) >= 11 is 0. The van der Waals surface area contributed by atoms with E-state index in [1.807, 2.05) is 30.3 Å². The Hall–Kier alpha value is -1.61. The molecule has 3 nitrogen and oxygen atoms in total. The number of aliphatic hydroxyl groups is 1. The van der Waals surface area contributed by atoms with Gasteiger partial charge in [0.05, 0.1) is 6.10 Å². The monoisotopic (exact) mass is 220 g/mol. The first-order chi connectivity index (χ1) is 7.59. The van der Waals surface area contributed by atoms with Gasteiger partial charge in [0.15, 0.2) is 0 Å². The van der Waals surface area contributed by atoms with Gasteiger partial charge in [0.1, 0.15) is 6.10 Å². The number of carbonyl (C=O) groups is 1. The van der Waals surface area contributed by atoms with Crippen LogP contribution < -0.4 is 0 Å². The van der Waals surface area contributed by atoms with E-state index in [0.717, 1.165) is 5.56 Å². The van der Waals surface area contributed by atoms with Crippen LogP contribution in [0.1, 0.15) is 19.4 Å². The number of ether oxygens (including phenoxy) is 1. The van der Waals surface area contributed by atoms with Crippen LogP contribution in [0.4, 0.5) is 0 Å². The van der Waals surface area contributed by atoms with Crippen molar-refractivity contribution in [3.63, 3.8) is 0 Å². The molecule has 86 valence electrons. The zero-order chi connectivity index (χ0) is 12.0. The highest BCUT2D eigenvalue weighted by Crippen LogP contribution is 2.03. The minimum atomic E-state index is -0.658. The van der Waals surface area contributed by atoms with E-state index in [1.165, 1.54) is 6.08 Å². The number of hydrogen-bond donors (Lipinski definition) is 1. The predicted octanol–water partition coefficient (Wildman–Crippen LogP) is 2.01. The Kier molecular flexibility index (Phi) is 4.73. The summed E-state index contributed by atoms with van der Waals surface area (Å²) in [6.07, 6.45) is 1.88. The van der Waals surface area contributed by atoms with Gasteiger partial charge in [0.25, 0.3) is 0 Å². The van der Waals surface area contributed by atoms with E-state index in [0.29, 0.717) is 0 Å². The molecule has 1 aromatic rings. The maximum Gasteiger partial charge on any atom is 0.331 e. The smallest absolute Gasteiger partial charge is 0.331 e. The molecule has 0 aliphatic rings. The zero-order valence-corrected chi connectivity index (χ0v) is 9.46. The Balaban J connectivity index is 2.49. The Morgan fingerprint density at radius 1 is 1.31 bits per heavy atom. The van der Waals surface area contributed by atoms with Crippen LogP contribution in [0.2, 0.25) is 0 Å². The van der Waals surface area contributed by atoms with Crippen LogP contribution in [0.5, 0.6) is 0 Å². The Labute approximate surface area is 95.4 Å². The van der Waals surface area contributed by atoms with Gasteiger partial charge in [0.2, 0.25) is 0 Å². The quantitative estimate of drug-likeness (QED) is 0.623. The molecule has 0 heterocycles. The molecule has 0 aliphatic heterocycles. The average molecular weight is 220 g/mol. The van der Waals surface area contributed by atoms with Crippen molar-refractivity contribution < 1.29 is 14.6 Å². The first-order valence-corrected chi connectivity index (χ1v) is 5.21. The summed E-state index contributed by atoms with van der Waals surface area (Å²) in [5, 5.41) is 9.15. The van der Waals surface area contributed by atoms with Crippen molar-refractivity contribution in [1.82, 2.24) is 0 Å².